The number of nitrogens with zero attached hydrogens (tertiary/aromatic N) is 3. The lowest BCUT2D eigenvalue weighted by atomic mass is 10.0. The Bertz CT molecular complexity index is 1240. The van der Waals surface area contributed by atoms with Crippen LogP contribution in [0, 0.1) is 0 Å². The van der Waals surface area contributed by atoms with E-state index in [0.717, 1.165) is 0 Å². The maximum atomic E-state index is 13.3. The first-order valence-electron chi connectivity index (χ1n) is 10.8. The highest BCUT2D eigenvalue weighted by atomic mass is 19.3. The molecule has 1 saturated carbocycles. The van der Waals surface area contributed by atoms with E-state index in [1.165, 1.54) is 36.2 Å². The largest absolute Gasteiger partial charge is 0.496 e. The second kappa shape index (κ2) is 9.25. The molecule has 1 aliphatic carbocycles. The number of aromatic nitrogens is 3. The maximum Gasteiger partial charge on any atom is 0.387 e. The first kappa shape index (κ1) is 24.6. The molecule has 0 bridgehead atoms. The Morgan fingerprint density at radius 3 is 2.54 bits per heavy atom. The highest BCUT2D eigenvalue weighted by Crippen LogP contribution is 2.38. The van der Waals surface area contributed by atoms with E-state index in [4.69, 9.17) is 9.47 Å². The van der Waals surface area contributed by atoms with Crippen LogP contribution < -0.4 is 19.5 Å². The predicted octanol–water partition coefficient (Wildman–Crippen LogP) is 3.38. The predicted molar refractivity (Wildman–Crippen MR) is 119 cm³/mol. The number of hydrogen-bond donors (Lipinski definition) is 2. The van der Waals surface area contributed by atoms with Crippen LogP contribution in [0.2, 0.25) is 0 Å². The molecular weight excluding hydrogens is 469 g/mol. The fraction of sp³-hybridized carbons (Fsp3) is 0.435. The molecule has 9 nitrogen and oxygen atoms in total. The Labute approximate surface area is 198 Å². The van der Waals surface area contributed by atoms with Crippen molar-refractivity contribution in [3.63, 3.8) is 0 Å². The van der Waals surface area contributed by atoms with Gasteiger partial charge in [0.1, 0.15) is 29.3 Å². The zero-order valence-corrected chi connectivity index (χ0v) is 19.5. The van der Waals surface area contributed by atoms with Gasteiger partial charge in [0.05, 0.1) is 37.3 Å². The summed E-state index contributed by atoms with van der Waals surface area (Å²) < 4.78 is 56.7. The van der Waals surface area contributed by atoms with E-state index in [0.29, 0.717) is 22.5 Å². The molecule has 0 radical (unpaired) electrons. The topological polar surface area (TPSA) is 107 Å². The van der Waals surface area contributed by atoms with Gasteiger partial charge in [0, 0.05) is 12.0 Å². The number of ether oxygens (including phenoxy) is 3. The molecule has 0 unspecified atom stereocenters. The van der Waals surface area contributed by atoms with Crippen LogP contribution in [0.5, 0.6) is 17.2 Å². The molecule has 2 N–H and O–H groups in total. The summed E-state index contributed by atoms with van der Waals surface area (Å²) in [5, 5.41) is 16.8. The molecule has 0 spiro atoms. The van der Waals surface area contributed by atoms with Crippen molar-refractivity contribution in [1.82, 2.24) is 19.9 Å². The Morgan fingerprint density at radius 1 is 1.26 bits per heavy atom. The van der Waals surface area contributed by atoms with Gasteiger partial charge in [-0.2, -0.15) is 13.9 Å². The van der Waals surface area contributed by atoms with Gasteiger partial charge in [-0.15, -0.1) is 0 Å². The molecule has 35 heavy (non-hydrogen) atoms. The van der Waals surface area contributed by atoms with Gasteiger partial charge in [0.25, 0.3) is 5.91 Å². The number of rotatable bonds is 9. The van der Waals surface area contributed by atoms with Crippen molar-refractivity contribution in [2.24, 2.45) is 0 Å². The first-order valence-corrected chi connectivity index (χ1v) is 10.8. The molecule has 0 saturated heterocycles. The molecule has 2 heterocycles. The van der Waals surface area contributed by atoms with Crippen LogP contribution in [0.4, 0.5) is 13.2 Å². The van der Waals surface area contributed by atoms with Crippen LogP contribution >= 0.6 is 0 Å². The normalized spacial score (nSPS) is 18.4. The van der Waals surface area contributed by atoms with Crippen molar-refractivity contribution >= 4 is 11.6 Å². The van der Waals surface area contributed by atoms with Crippen molar-refractivity contribution in [3.8, 4) is 28.4 Å². The number of fused-ring (bicyclic) bond motifs is 1. The lowest BCUT2D eigenvalue weighted by Gasteiger charge is -2.26. The quantitative estimate of drug-likeness (QED) is 0.470. The third kappa shape index (κ3) is 5.26. The third-order valence-electron chi connectivity index (χ3n) is 5.71. The smallest absolute Gasteiger partial charge is 0.387 e. The number of nitrogens with one attached hydrogen (secondary N) is 1. The highest BCUT2D eigenvalue weighted by Gasteiger charge is 2.40. The standard InChI is InChI=1S/C23H25F3N4O5/c1-11(23(2,3)32)34-13-8-27-20-14(9-28-30(20)10-13)12-5-17(33-4)19(18(6-12)35-22(25)26)21(31)29-16-7-15(16)24/h5-6,8-11,15-16,22,32H,7H2,1-4H3,(H,29,31)/t11-,15+,16-/m1/s1. The second-order valence-corrected chi connectivity index (χ2v) is 8.79. The van der Waals surface area contributed by atoms with E-state index >= 15 is 0 Å². The van der Waals surface area contributed by atoms with Gasteiger partial charge < -0.3 is 24.6 Å². The van der Waals surface area contributed by atoms with E-state index in [1.54, 1.807) is 27.0 Å². The average Bonchev–Trinajstić information content (AvgIpc) is 3.29. The van der Waals surface area contributed by atoms with Gasteiger partial charge in [0.2, 0.25) is 0 Å². The number of halogens is 3. The lowest BCUT2D eigenvalue weighted by Crippen LogP contribution is -2.37. The number of benzene rings is 1. The summed E-state index contributed by atoms with van der Waals surface area (Å²) >= 11 is 0. The molecule has 1 amide bonds. The molecule has 3 aromatic rings. The number of methoxy groups -OCH3 is 1. The van der Waals surface area contributed by atoms with Gasteiger partial charge in [-0.1, -0.05) is 0 Å². The minimum Gasteiger partial charge on any atom is -0.496 e. The molecule has 2 aromatic heterocycles. The summed E-state index contributed by atoms with van der Waals surface area (Å²) in [6.07, 6.45) is 2.93. The number of aliphatic hydroxyl groups is 1. The molecule has 188 valence electrons. The van der Waals surface area contributed by atoms with Crippen molar-refractivity contribution in [2.75, 3.05) is 7.11 Å². The number of hydrogen-bond acceptors (Lipinski definition) is 7. The fourth-order valence-electron chi connectivity index (χ4n) is 3.34. The number of alkyl halides is 3. The summed E-state index contributed by atoms with van der Waals surface area (Å²) in [6, 6.07) is 2.04. The van der Waals surface area contributed by atoms with Gasteiger partial charge in [-0.25, -0.2) is 13.9 Å². The fourth-order valence-corrected chi connectivity index (χ4v) is 3.34. The molecule has 0 aliphatic heterocycles. The average molecular weight is 494 g/mol. The molecule has 12 heteroatoms. The van der Waals surface area contributed by atoms with Gasteiger partial charge in [-0.3, -0.25) is 4.79 Å². The van der Waals surface area contributed by atoms with E-state index in [2.05, 4.69) is 20.1 Å². The van der Waals surface area contributed by atoms with Crippen LogP contribution in [-0.4, -0.2) is 63.3 Å². The molecule has 1 aliphatic rings. The molecule has 3 atom stereocenters. The Hall–Kier alpha value is -3.54. The van der Waals surface area contributed by atoms with E-state index in [9.17, 15) is 23.1 Å². The van der Waals surface area contributed by atoms with E-state index in [-0.39, 0.29) is 17.7 Å². The zero-order chi connectivity index (χ0) is 25.5. The van der Waals surface area contributed by atoms with Crippen LogP contribution in [0.15, 0.2) is 30.7 Å². The molecule has 1 fully saturated rings. The van der Waals surface area contributed by atoms with Gasteiger partial charge in [0.15, 0.2) is 11.4 Å². The van der Waals surface area contributed by atoms with Gasteiger partial charge >= 0.3 is 6.61 Å². The van der Waals surface area contributed by atoms with E-state index in [1.807, 2.05) is 0 Å². The molecular formula is C23H25F3N4O5. The maximum absolute atomic E-state index is 13.3. The highest BCUT2D eigenvalue weighted by molar-refractivity contribution is 6.01. The minimum atomic E-state index is -3.21. The minimum absolute atomic E-state index is 0.0370. The molecule has 1 aromatic carbocycles. The number of carbonyl (C=O) groups excluding carboxylic acids is 1. The van der Waals surface area contributed by atoms with Crippen LogP contribution in [-0.2, 0) is 0 Å². The first-order chi connectivity index (χ1) is 16.5. The lowest BCUT2D eigenvalue weighted by molar-refractivity contribution is -0.0502. The monoisotopic (exact) mass is 494 g/mol. The summed E-state index contributed by atoms with van der Waals surface area (Å²) in [7, 11) is 1.28. The number of carbonyl (C=O) groups is 1. The molecule has 4 rings (SSSR count). The Morgan fingerprint density at radius 2 is 1.94 bits per heavy atom. The van der Waals surface area contributed by atoms with Crippen LogP contribution in [0.1, 0.15) is 37.6 Å². The summed E-state index contributed by atoms with van der Waals surface area (Å²) in [5.74, 6) is -0.888. The van der Waals surface area contributed by atoms with E-state index < -0.39 is 42.2 Å². The zero-order valence-electron chi connectivity index (χ0n) is 19.5. The second-order valence-electron chi connectivity index (χ2n) is 8.79. The van der Waals surface area contributed by atoms with Crippen molar-refractivity contribution in [3.05, 3.63) is 36.3 Å². The third-order valence-corrected chi connectivity index (χ3v) is 5.71. The number of amides is 1. The van der Waals surface area contributed by atoms with Crippen molar-refractivity contribution in [1.29, 1.82) is 0 Å². The van der Waals surface area contributed by atoms with Crippen LogP contribution in [0.25, 0.3) is 16.8 Å². The SMILES string of the molecule is COc1cc(-c2cnn3cc(O[C@H](C)C(C)(C)O)cnc23)cc(OC(F)F)c1C(=O)N[C@@H]1C[C@@H]1F. The Balaban J connectivity index is 1.72. The summed E-state index contributed by atoms with van der Waals surface area (Å²) in [4.78, 5) is 17.0. The summed E-state index contributed by atoms with van der Waals surface area (Å²) in [6.45, 7) is 1.74. The Kier molecular flexibility index (Phi) is 6.50. The van der Waals surface area contributed by atoms with Gasteiger partial charge in [-0.05, 0) is 38.5 Å². The van der Waals surface area contributed by atoms with Crippen molar-refractivity contribution < 1.29 is 37.3 Å². The van der Waals surface area contributed by atoms with Crippen LogP contribution in [0.3, 0.4) is 0 Å². The van der Waals surface area contributed by atoms with Crippen molar-refractivity contribution in [2.45, 2.75) is 57.7 Å². The summed E-state index contributed by atoms with van der Waals surface area (Å²) in [5.41, 5.74) is -0.182.